The molecule has 1 saturated heterocycles. The van der Waals surface area contributed by atoms with E-state index in [9.17, 15) is 5.11 Å². The van der Waals surface area contributed by atoms with Crippen molar-refractivity contribution in [1.29, 1.82) is 0 Å². The van der Waals surface area contributed by atoms with Gasteiger partial charge in [-0.15, -0.1) is 0 Å². The van der Waals surface area contributed by atoms with Crippen molar-refractivity contribution in [3.8, 4) is 0 Å². The normalized spacial score (nSPS) is 22.9. The Balaban J connectivity index is 1.84. The summed E-state index contributed by atoms with van der Waals surface area (Å²) in [7, 11) is 0. The SMILES string of the molecule is CC(CC1CCCCN1)N[C@H](CO)c1ccccc1. The first-order valence-electron chi connectivity index (χ1n) is 7.45. The molecule has 2 rings (SSSR count). The molecule has 3 N–H and O–H groups in total. The van der Waals surface area contributed by atoms with Crippen molar-refractivity contribution in [2.75, 3.05) is 13.2 Å². The van der Waals surface area contributed by atoms with Gasteiger partial charge in [-0.05, 0) is 38.3 Å². The van der Waals surface area contributed by atoms with E-state index < -0.39 is 0 Å². The lowest BCUT2D eigenvalue weighted by Gasteiger charge is -2.29. The van der Waals surface area contributed by atoms with Gasteiger partial charge in [0.25, 0.3) is 0 Å². The molecule has 1 aromatic carbocycles. The van der Waals surface area contributed by atoms with Crippen LogP contribution in [-0.2, 0) is 0 Å². The van der Waals surface area contributed by atoms with Crippen LogP contribution >= 0.6 is 0 Å². The smallest absolute Gasteiger partial charge is 0.0626 e. The summed E-state index contributed by atoms with van der Waals surface area (Å²) in [4.78, 5) is 0. The lowest BCUT2D eigenvalue weighted by Crippen LogP contribution is -2.41. The van der Waals surface area contributed by atoms with E-state index in [0.717, 1.165) is 18.5 Å². The second-order valence-corrected chi connectivity index (χ2v) is 5.60. The standard InChI is InChI=1S/C16H26N2O/c1-13(11-15-9-5-6-10-17-15)18-16(12-19)14-7-3-2-4-8-14/h2-4,7-8,13,15-19H,5-6,9-12H2,1H3/t13?,15?,16-/m1/s1. The highest BCUT2D eigenvalue weighted by molar-refractivity contribution is 5.19. The van der Waals surface area contributed by atoms with Gasteiger partial charge in [-0.1, -0.05) is 36.8 Å². The molecule has 0 spiro atoms. The first kappa shape index (κ1) is 14.5. The van der Waals surface area contributed by atoms with Crippen LogP contribution in [0.4, 0.5) is 0 Å². The summed E-state index contributed by atoms with van der Waals surface area (Å²) < 4.78 is 0. The Morgan fingerprint density at radius 2 is 2.11 bits per heavy atom. The molecule has 0 aromatic heterocycles. The third kappa shape index (κ3) is 4.60. The van der Waals surface area contributed by atoms with Crippen LogP contribution in [0.2, 0.25) is 0 Å². The first-order valence-corrected chi connectivity index (χ1v) is 7.45. The van der Waals surface area contributed by atoms with Crippen LogP contribution in [0.5, 0.6) is 0 Å². The van der Waals surface area contributed by atoms with Gasteiger partial charge in [0.05, 0.1) is 12.6 Å². The summed E-state index contributed by atoms with van der Waals surface area (Å²) >= 11 is 0. The molecule has 1 heterocycles. The zero-order valence-electron chi connectivity index (χ0n) is 11.8. The Morgan fingerprint density at radius 3 is 2.74 bits per heavy atom. The minimum atomic E-state index is 0.0415. The van der Waals surface area contributed by atoms with E-state index in [2.05, 4.69) is 29.7 Å². The van der Waals surface area contributed by atoms with Crippen LogP contribution in [0.3, 0.4) is 0 Å². The van der Waals surface area contributed by atoms with E-state index >= 15 is 0 Å². The molecule has 0 aliphatic carbocycles. The molecule has 2 unspecified atom stereocenters. The van der Waals surface area contributed by atoms with Crippen molar-refractivity contribution >= 4 is 0 Å². The zero-order valence-corrected chi connectivity index (χ0v) is 11.8. The summed E-state index contributed by atoms with van der Waals surface area (Å²) in [6, 6.07) is 11.3. The number of piperidine rings is 1. The molecule has 3 atom stereocenters. The second-order valence-electron chi connectivity index (χ2n) is 5.60. The van der Waals surface area contributed by atoms with Gasteiger partial charge in [-0.25, -0.2) is 0 Å². The van der Waals surface area contributed by atoms with E-state index in [0.29, 0.717) is 12.1 Å². The lowest BCUT2D eigenvalue weighted by molar-refractivity contribution is 0.226. The van der Waals surface area contributed by atoms with Crippen LogP contribution in [0.15, 0.2) is 30.3 Å². The Kier molecular flexibility index (Phi) is 5.83. The Labute approximate surface area is 116 Å². The van der Waals surface area contributed by atoms with E-state index in [1.807, 2.05) is 18.2 Å². The second kappa shape index (κ2) is 7.63. The molecule has 0 saturated carbocycles. The van der Waals surface area contributed by atoms with Crippen molar-refractivity contribution in [1.82, 2.24) is 10.6 Å². The molecule has 106 valence electrons. The fourth-order valence-corrected chi connectivity index (χ4v) is 2.90. The van der Waals surface area contributed by atoms with Crippen LogP contribution in [0.1, 0.15) is 44.2 Å². The number of nitrogens with one attached hydrogen (secondary N) is 2. The molecule has 3 heteroatoms. The van der Waals surface area contributed by atoms with E-state index in [1.165, 1.54) is 19.3 Å². The van der Waals surface area contributed by atoms with Gasteiger partial charge in [-0.3, -0.25) is 0 Å². The number of hydrogen-bond donors (Lipinski definition) is 3. The average Bonchev–Trinajstić information content (AvgIpc) is 2.47. The van der Waals surface area contributed by atoms with Gasteiger partial charge in [0.2, 0.25) is 0 Å². The summed E-state index contributed by atoms with van der Waals surface area (Å²) in [6.45, 7) is 3.51. The number of aliphatic hydroxyl groups excluding tert-OH is 1. The van der Waals surface area contributed by atoms with Crippen molar-refractivity contribution < 1.29 is 5.11 Å². The number of benzene rings is 1. The van der Waals surface area contributed by atoms with Crippen molar-refractivity contribution in [3.05, 3.63) is 35.9 Å². The van der Waals surface area contributed by atoms with Crippen molar-refractivity contribution in [2.45, 2.75) is 50.7 Å². The molecule has 1 aromatic rings. The fourth-order valence-electron chi connectivity index (χ4n) is 2.90. The van der Waals surface area contributed by atoms with Gasteiger partial charge in [0.15, 0.2) is 0 Å². The number of aliphatic hydroxyl groups is 1. The number of rotatable bonds is 6. The lowest BCUT2D eigenvalue weighted by atomic mass is 9.98. The van der Waals surface area contributed by atoms with Gasteiger partial charge < -0.3 is 15.7 Å². The minimum absolute atomic E-state index is 0.0415. The molecule has 1 fully saturated rings. The quantitative estimate of drug-likeness (QED) is 0.736. The Hall–Kier alpha value is -0.900. The molecule has 0 amide bonds. The highest BCUT2D eigenvalue weighted by atomic mass is 16.3. The van der Waals surface area contributed by atoms with Crippen molar-refractivity contribution in [2.24, 2.45) is 0 Å². The van der Waals surface area contributed by atoms with E-state index in [4.69, 9.17) is 0 Å². The molecule has 0 bridgehead atoms. The van der Waals surface area contributed by atoms with Crippen LogP contribution in [0, 0.1) is 0 Å². The largest absolute Gasteiger partial charge is 0.394 e. The molecule has 1 aliphatic rings. The monoisotopic (exact) mass is 262 g/mol. The summed E-state index contributed by atoms with van der Waals surface area (Å²) in [5.41, 5.74) is 1.16. The minimum Gasteiger partial charge on any atom is -0.394 e. The predicted molar refractivity (Wildman–Crippen MR) is 79.1 cm³/mol. The molecular formula is C16H26N2O. The maximum Gasteiger partial charge on any atom is 0.0626 e. The maximum atomic E-state index is 9.56. The zero-order chi connectivity index (χ0) is 13.5. The van der Waals surface area contributed by atoms with Gasteiger partial charge in [0, 0.05) is 12.1 Å². The predicted octanol–water partition coefficient (Wildman–Crippen LogP) is 2.23. The average molecular weight is 262 g/mol. The van der Waals surface area contributed by atoms with Gasteiger partial charge >= 0.3 is 0 Å². The van der Waals surface area contributed by atoms with E-state index in [1.54, 1.807) is 0 Å². The third-order valence-corrected chi connectivity index (χ3v) is 3.92. The van der Waals surface area contributed by atoms with Gasteiger partial charge in [-0.2, -0.15) is 0 Å². The van der Waals surface area contributed by atoms with Crippen LogP contribution < -0.4 is 10.6 Å². The fraction of sp³-hybridized carbons (Fsp3) is 0.625. The number of hydrogen-bond acceptors (Lipinski definition) is 3. The Bertz CT molecular complexity index is 349. The molecule has 3 nitrogen and oxygen atoms in total. The highest BCUT2D eigenvalue weighted by Gasteiger charge is 2.18. The summed E-state index contributed by atoms with van der Waals surface area (Å²) in [5, 5.41) is 16.7. The van der Waals surface area contributed by atoms with Crippen molar-refractivity contribution in [3.63, 3.8) is 0 Å². The highest BCUT2D eigenvalue weighted by Crippen LogP contribution is 2.16. The summed E-state index contributed by atoms with van der Waals surface area (Å²) in [5.74, 6) is 0. The van der Waals surface area contributed by atoms with Crippen LogP contribution in [-0.4, -0.2) is 30.3 Å². The molecule has 0 radical (unpaired) electrons. The first-order chi connectivity index (χ1) is 9.29. The molecule has 1 aliphatic heterocycles. The van der Waals surface area contributed by atoms with Crippen LogP contribution in [0.25, 0.3) is 0 Å². The van der Waals surface area contributed by atoms with Gasteiger partial charge in [0.1, 0.15) is 0 Å². The topological polar surface area (TPSA) is 44.3 Å². The third-order valence-electron chi connectivity index (χ3n) is 3.92. The summed E-state index contributed by atoms with van der Waals surface area (Å²) in [6.07, 6.45) is 5.05. The Morgan fingerprint density at radius 1 is 1.32 bits per heavy atom. The maximum absolute atomic E-state index is 9.56. The molecule has 19 heavy (non-hydrogen) atoms. The van der Waals surface area contributed by atoms with E-state index in [-0.39, 0.29) is 12.6 Å². The molecular weight excluding hydrogens is 236 g/mol.